The Morgan fingerprint density at radius 1 is 1.18 bits per heavy atom. The molecule has 1 fully saturated rings. The molecule has 0 radical (unpaired) electrons. The van der Waals surface area contributed by atoms with Crippen molar-refractivity contribution in [3.05, 3.63) is 29.8 Å². The largest absolute Gasteiger partial charge is 0.497 e. The summed E-state index contributed by atoms with van der Waals surface area (Å²) in [5, 5.41) is 21.0. The van der Waals surface area contributed by atoms with Gasteiger partial charge in [-0.15, -0.1) is 0 Å². The molecule has 0 aliphatic carbocycles. The van der Waals surface area contributed by atoms with Crippen molar-refractivity contribution in [3.63, 3.8) is 0 Å². The van der Waals surface area contributed by atoms with Crippen molar-refractivity contribution in [3.8, 4) is 5.75 Å². The molecule has 1 saturated heterocycles. The number of benzene rings is 1. The molecule has 1 aliphatic heterocycles. The zero-order chi connectivity index (χ0) is 16.4. The molecule has 1 aromatic carbocycles. The number of likely N-dealkylation sites (tertiary alicyclic amines) is 1. The summed E-state index contributed by atoms with van der Waals surface area (Å²) in [6, 6.07) is 7.74. The number of ether oxygens (including phenoxy) is 1. The van der Waals surface area contributed by atoms with Crippen LogP contribution < -0.4 is 4.74 Å². The van der Waals surface area contributed by atoms with Gasteiger partial charge in [-0.1, -0.05) is 12.1 Å². The smallest absolute Gasteiger partial charge is 0.118 e. The van der Waals surface area contributed by atoms with Crippen molar-refractivity contribution < 1.29 is 14.9 Å². The van der Waals surface area contributed by atoms with Crippen LogP contribution in [0, 0.1) is 0 Å². The first-order valence-electron chi connectivity index (χ1n) is 8.07. The molecular weight excluding hydrogens is 278 g/mol. The molecule has 2 atom stereocenters. The molecule has 1 aliphatic rings. The number of rotatable bonds is 6. The highest BCUT2D eigenvalue weighted by atomic mass is 16.5. The monoisotopic (exact) mass is 307 g/mol. The molecule has 124 valence electrons. The van der Waals surface area contributed by atoms with Crippen molar-refractivity contribution in [2.45, 2.75) is 57.3 Å². The van der Waals surface area contributed by atoms with E-state index in [0.717, 1.165) is 37.2 Å². The van der Waals surface area contributed by atoms with E-state index in [9.17, 15) is 10.2 Å². The zero-order valence-electron chi connectivity index (χ0n) is 14.2. The summed E-state index contributed by atoms with van der Waals surface area (Å²) in [6.45, 7) is 7.34. The van der Waals surface area contributed by atoms with Gasteiger partial charge in [0, 0.05) is 12.6 Å². The van der Waals surface area contributed by atoms with Gasteiger partial charge in [0.15, 0.2) is 0 Å². The van der Waals surface area contributed by atoms with Crippen molar-refractivity contribution >= 4 is 0 Å². The third-order valence-electron chi connectivity index (χ3n) is 4.70. The molecule has 4 heteroatoms. The van der Waals surface area contributed by atoms with E-state index in [0.29, 0.717) is 6.42 Å². The van der Waals surface area contributed by atoms with E-state index in [4.69, 9.17) is 4.74 Å². The Kier molecular flexibility index (Phi) is 5.15. The maximum Gasteiger partial charge on any atom is 0.118 e. The minimum absolute atomic E-state index is 0.0863. The van der Waals surface area contributed by atoms with Crippen molar-refractivity contribution in [2.75, 3.05) is 20.2 Å². The van der Waals surface area contributed by atoms with Gasteiger partial charge < -0.3 is 14.9 Å². The van der Waals surface area contributed by atoms with Gasteiger partial charge in [-0.25, -0.2) is 0 Å². The fraction of sp³-hybridized carbons (Fsp3) is 0.667. The number of nitrogens with zero attached hydrogens (tertiary/aromatic N) is 1. The Balaban J connectivity index is 2.12. The van der Waals surface area contributed by atoms with E-state index < -0.39 is 11.2 Å². The van der Waals surface area contributed by atoms with Gasteiger partial charge in [-0.3, -0.25) is 4.90 Å². The summed E-state index contributed by atoms with van der Waals surface area (Å²) >= 11 is 0. The number of aliphatic hydroxyl groups is 2. The number of hydrogen-bond donors (Lipinski definition) is 2. The van der Waals surface area contributed by atoms with Crippen LogP contribution in [0.1, 0.15) is 45.6 Å². The van der Waals surface area contributed by atoms with Crippen molar-refractivity contribution in [2.24, 2.45) is 0 Å². The van der Waals surface area contributed by atoms with Gasteiger partial charge in [0.25, 0.3) is 0 Å². The van der Waals surface area contributed by atoms with Gasteiger partial charge in [0.1, 0.15) is 11.4 Å². The summed E-state index contributed by atoms with van der Waals surface area (Å²) in [5.41, 5.74) is -0.657. The van der Waals surface area contributed by atoms with Crippen LogP contribution in [-0.4, -0.2) is 47.0 Å². The molecule has 0 unspecified atom stereocenters. The molecule has 0 bridgehead atoms. The second-order valence-corrected chi connectivity index (χ2v) is 7.13. The molecule has 1 heterocycles. The Bertz CT molecular complexity index is 476. The first kappa shape index (κ1) is 17.3. The Morgan fingerprint density at radius 2 is 1.82 bits per heavy atom. The molecule has 0 spiro atoms. The second-order valence-electron chi connectivity index (χ2n) is 7.13. The Morgan fingerprint density at radius 3 is 2.36 bits per heavy atom. The first-order chi connectivity index (χ1) is 10.2. The first-order valence-corrected chi connectivity index (χ1v) is 8.07. The van der Waals surface area contributed by atoms with Gasteiger partial charge in [0.2, 0.25) is 0 Å². The maximum atomic E-state index is 11.1. The summed E-state index contributed by atoms with van der Waals surface area (Å²) in [6.07, 6.45) is 2.77. The van der Waals surface area contributed by atoms with E-state index in [-0.39, 0.29) is 6.04 Å². The fourth-order valence-electron chi connectivity index (χ4n) is 3.27. The molecule has 1 aromatic rings. The highest BCUT2D eigenvalue weighted by Gasteiger charge is 2.40. The molecule has 2 rings (SSSR count). The van der Waals surface area contributed by atoms with E-state index in [1.54, 1.807) is 7.11 Å². The topological polar surface area (TPSA) is 52.9 Å². The van der Waals surface area contributed by atoms with E-state index in [1.807, 2.05) is 45.0 Å². The van der Waals surface area contributed by atoms with Crippen LogP contribution in [-0.2, 0) is 5.60 Å². The van der Waals surface area contributed by atoms with Gasteiger partial charge in [-0.05, 0) is 64.3 Å². The molecule has 0 aromatic heterocycles. The Hall–Kier alpha value is -1.10. The molecule has 22 heavy (non-hydrogen) atoms. The minimum atomic E-state index is -0.900. The number of methoxy groups -OCH3 is 1. The predicted molar refractivity (Wildman–Crippen MR) is 88.1 cm³/mol. The van der Waals surface area contributed by atoms with Crippen LogP contribution in [0.2, 0.25) is 0 Å². The van der Waals surface area contributed by atoms with Crippen LogP contribution in [0.5, 0.6) is 5.75 Å². The van der Waals surface area contributed by atoms with Crippen LogP contribution >= 0.6 is 0 Å². The second kappa shape index (κ2) is 6.57. The number of hydrogen-bond acceptors (Lipinski definition) is 4. The molecule has 0 saturated carbocycles. The van der Waals surface area contributed by atoms with E-state index >= 15 is 0 Å². The van der Waals surface area contributed by atoms with Crippen LogP contribution in [0.3, 0.4) is 0 Å². The predicted octanol–water partition coefficient (Wildman–Crippen LogP) is 2.53. The standard InChI is InChI=1S/C18H29NO3/c1-17(2,20)11-13-19-12-5-6-16(19)18(3,21)14-7-9-15(22-4)10-8-14/h7-10,16,20-21H,5-6,11-13H2,1-4H3/t16-,18-/m0/s1. The average Bonchev–Trinajstić information content (AvgIpc) is 2.94. The van der Waals surface area contributed by atoms with E-state index in [2.05, 4.69) is 4.90 Å². The summed E-state index contributed by atoms with van der Waals surface area (Å²) < 4.78 is 5.18. The SMILES string of the molecule is COc1ccc([C@](C)(O)[C@@H]2CCCN2CCC(C)(C)O)cc1. The third-order valence-corrected chi connectivity index (χ3v) is 4.70. The average molecular weight is 307 g/mol. The zero-order valence-corrected chi connectivity index (χ0v) is 14.2. The third kappa shape index (κ3) is 4.00. The van der Waals surface area contributed by atoms with Crippen LogP contribution in [0.15, 0.2) is 24.3 Å². The fourth-order valence-corrected chi connectivity index (χ4v) is 3.27. The van der Waals surface area contributed by atoms with Crippen molar-refractivity contribution in [1.82, 2.24) is 4.90 Å². The van der Waals surface area contributed by atoms with Crippen molar-refractivity contribution in [1.29, 1.82) is 0 Å². The summed E-state index contributed by atoms with van der Waals surface area (Å²) in [7, 11) is 1.64. The van der Waals surface area contributed by atoms with Gasteiger partial charge in [0.05, 0.1) is 12.7 Å². The van der Waals surface area contributed by atoms with Crippen LogP contribution in [0.4, 0.5) is 0 Å². The molecule has 4 nitrogen and oxygen atoms in total. The van der Waals surface area contributed by atoms with Gasteiger partial charge in [-0.2, -0.15) is 0 Å². The Labute approximate surface area is 133 Å². The van der Waals surface area contributed by atoms with Crippen LogP contribution in [0.25, 0.3) is 0 Å². The normalized spacial score (nSPS) is 22.5. The lowest BCUT2D eigenvalue weighted by Gasteiger charge is -2.38. The van der Waals surface area contributed by atoms with Gasteiger partial charge >= 0.3 is 0 Å². The molecule has 0 amide bonds. The highest BCUT2D eigenvalue weighted by molar-refractivity contribution is 5.31. The molecule has 2 N–H and O–H groups in total. The lowest BCUT2D eigenvalue weighted by Crippen LogP contribution is -2.46. The quantitative estimate of drug-likeness (QED) is 0.848. The minimum Gasteiger partial charge on any atom is -0.497 e. The summed E-state index contributed by atoms with van der Waals surface area (Å²) in [4.78, 5) is 2.31. The van der Waals surface area contributed by atoms with E-state index in [1.165, 1.54) is 0 Å². The summed E-state index contributed by atoms with van der Waals surface area (Å²) in [5.74, 6) is 0.796. The lowest BCUT2D eigenvalue weighted by atomic mass is 9.86. The maximum absolute atomic E-state index is 11.1. The highest BCUT2D eigenvalue weighted by Crippen LogP contribution is 2.35. The lowest BCUT2D eigenvalue weighted by molar-refractivity contribution is -0.0308. The molecular formula is C18H29NO3.